The van der Waals surface area contributed by atoms with E-state index in [0.29, 0.717) is 34.1 Å². The summed E-state index contributed by atoms with van der Waals surface area (Å²) in [6, 6.07) is 5.20. The maximum absolute atomic E-state index is 12.0. The molecule has 2 unspecified atom stereocenters. The molecule has 6 heteroatoms. The van der Waals surface area contributed by atoms with Gasteiger partial charge in [-0.1, -0.05) is 23.2 Å². The van der Waals surface area contributed by atoms with Gasteiger partial charge in [-0.05, 0) is 25.1 Å². The standard InChI is InChI=1S/C12H15Cl2N3O/c1-7-8(6-16-17-7)5-15-12(18)10-3-2-9(13)4-11(10)14/h2-4,7-8,16-17H,5-6H2,1H3,(H,15,18). The van der Waals surface area contributed by atoms with Crippen LogP contribution in [0.25, 0.3) is 0 Å². The second-order valence-electron chi connectivity index (χ2n) is 4.41. The summed E-state index contributed by atoms with van der Waals surface area (Å²) >= 11 is 11.8. The lowest BCUT2D eigenvalue weighted by Gasteiger charge is -2.14. The normalized spacial score (nSPS) is 23.1. The van der Waals surface area contributed by atoms with Crippen molar-refractivity contribution in [3.63, 3.8) is 0 Å². The summed E-state index contributed by atoms with van der Waals surface area (Å²) in [6.45, 7) is 3.53. The van der Waals surface area contributed by atoms with Crippen LogP contribution in [0.3, 0.4) is 0 Å². The van der Waals surface area contributed by atoms with Crippen molar-refractivity contribution < 1.29 is 4.79 Å². The van der Waals surface area contributed by atoms with Crippen molar-refractivity contribution in [2.75, 3.05) is 13.1 Å². The van der Waals surface area contributed by atoms with Gasteiger partial charge < -0.3 is 5.32 Å². The van der Waals surface area contributed by atoms with Crippen LogP contribution in [0.4, 0.5) is 0 Å². The first-order valence-electron chi connectivity index (χ1n) is 5.79. The molecule has 1 aromatic rings. The molecule has 1 aliphatic heterocycles. The Balaban J connectivity index is 1.95. The molecule has 1 aliphatic rings. The molecule has 18 heavy (non-hydrogen) atoms. The Morgan fingerprint density at radius 2 is 2.28 bits per heavy atom. The highest BCUT2D eigenvalue weighted by Gasteiger charge is 2.23. The molecule has 1 fully saturated rings. The van der Waals surface area contributed by atoms with Crippen molar-refractivity contribution in [1.29, 1.82) is 0 Å². The second-order valence-corrected chi connectivity index (χ2v) is 5.25. The van der Waals surface area contributed by atoms with Crippen LogP contribution < -0.4 is 16.2 Å². The highest BCUT2D eigenvalue weighted by Crippen LogP contribution is 2.20. The number of carbonyl (C=O) groups excluding carboxylic acids is 1. The van der Waals surface area contributed by atoms with E-state index in [1.807, 2.05) is 0 Å². The maximum atomic E-state index is 12.0. The number of amides is 1. The largest absolute Gasteiger partial charge is 0.352 e. The fourth-order valence-electron chi connectivity index (χ4n) is 1.89. The van der Waals surface area contributed by atoms with Crippen molar-refractivity contribution in [2.24, 2.45) is 5.92 Å². The van der Waals surface area contributed by atoms with E-state index in [4.69, 9.17) is 23.2 Å². The smallest absolute Gasteiger partial charge is 0.252 e. The molecule has 98 valence electrons. The van der Waals surface area contributed by atoms with E-state index in [2.05, 4.69) is 23.1 Å². The molecule has 2 rings (SSSR count). The summed E-state index contributed by atoms with van der Waals surface area (Å²) in [5.41, 5.74) is 6.62. The summed E-state index contributed by atoms with van der Waals surface area (Å²) in [6.07, 6.45) is 0. The average molecular weight is 288 g/mol. The highest BCUT2D eigenvalue weighted by molar-refractivity contribution is 6.36. The Labute approximate surface area is 116 Å². The molecule has 0 radical (unpaired) electrons. The monoisotopic (exact) mass is 287 g/mol. The average Bonchev–Trinajstić information content (AvgIpc) is 2.72. The Hall–Kier alpha value is -0.810. The third-order valence-electron chi connectivity index (χ3n) is 3.10. The molecular formula is C12H15Cl2N3O. The van der Waals surface area contributed by atoms with Gasteiger partial charge in [-0.2, -0.15) is 0 Å². The number of halogens is 2. The van der Waals surface area contributed by atoms with Gasteiger partial charge in [-0.25, -0.2) is 0 Å². The number of carbonyl (C=O) groups is 1. The van der Waals surface area contributed by atoms with Gasteiger partial charge in [0.1, 0.15) is 0 Å². The lowest BCUT2D eigenvalue weighted by molar-refractivity contribution is 0.0947. The van der Waals surface area contributed by atoms with E-state index in [1.54, 1.807) is 18.2 Å². The summed E-state index contributed by atoms with van der Waals surface area (Å²) in [4.78, 5) is 12.0. The predicted octanol–water partition coefficient (Wildman–Crippen LogP) is 1.84. The van der Waals surface area contributed by atoms with E-state index in [-0.39, 0.29) is 5.91 Å². The van der Waals surface area contributed by atoms with Gasteiger partial charge in [0.25, 0.3) is 5.91 Å². The molecular weight excluding hydrogens is 273 g/mol. The van der Waals surface area contributed by atoms with Crippen LogP contribution in [-0.2, 0) is 0 Å². The topological polar surface area (TPSA) is 53.2 Å². The first-order chi connectivity index (χ1) is 8.58. The fourth-order valence-corrected chi connectivity index (χ4v) is 2.38. The molecule has 4 nitrogen and oxygen atoms in total. The van der Waals surface area contributed by atoms with Crippen LogP contribution in [0.1, 0.15) is 17.3 Å². The van der Waals surface area contributed by atoms with Crippen molar-refractivity contribution in [1.82, 2.24) is 16.2 Å². The van der Waals surface area contributed by atoms with Crippen molar-refractivity contribution in [3.8, 4) is 0 Å². The number of benzene rings is 1. The zero-order chi connectivity index (χ0) is 13.1. The number of hydrogen-bond donors (Lipinski definition) is 3. The number of rotatable bonds is 3. The molecule has 1 saturated heterocycles. The zero-order valence-electron chi connectivity index (χ0n) is 9.97. The predicted molar refractivity (Wildman–Crippen MR) is 72.9 cm³/mol. The van der Waals surface area contributed by atoms with Gasteiger partial charge in [-0.15, -0.1) is 0 Å². The Bertz CT molecular complexity index is 453. The molecule has 1 aromatic carbocycles. The van der Waals surface area contributed by atoms with Crippen LogP contribution >= 0.6 is 23.2 Å². The Morgan fingerprint density at radius 1 is 1.50 bits per heavy atom. The Morgan fingerprint density at radius 3 is 2.89 bits per heavy atom. The highest BCUT2D eigenvalue weighted by atomic mass is 35.5. The number of hydrazine groups is 1. The van der Waals surface area contributed by atoms with Crippen molar-refractivity contribution in [2.45, 2.75) is 13.0 Å². The van der Waals surface area contributed by atoms with Crippen molar-refractivity contribution in [3.05, 3.63) is 33.8 Å². The summed E-state index contributed by atoms with van der Waals surface area (Å²) in [5.74, 6) is 0.204. The van der Waals surface area contributed by atoms with Gasteiger partial charge >= 0.3 is 0 Å². The molecule has 0 aromatic heterocycles. The molecule has 0 spiro atoms. The van der Waals surface area contributed by atoms with E-state index in [9.17, 15) is 4.79 Å². The van der Waals surface area contributed by atoms with Gasteiger partial charge in [0.05, 0.1) is 10.6 Å². The minimum Gasteiger partial charge on any atom is -0.352 e. The molecule has 0 bridgehead atoms. The molecule has 0 saturated carbocycles. The first kappa shape index (κ1) is 13.6. The van der Waals surface area contributed by atoms with Gasteiger partial charge in [0, 0.05) is 30.1 Å². The molecule has 0 aliphatic carbocycles. The van der Waals surface area contributed by atoms with Gasteiger partial charge in [0.15, 0.2) is 0 Å². The number of hydrogen-bond acceptors (Lipinski definition) is 3. The third kappa shape index (κ3) is 3.14. The molecule has 2 atom stereocenters. The molecule has 3 N–H and O–H groups in total. The van der Waals surface area contributed by atoms with Crippen LogP contribution in [0, 0.1) is 5.92 Å². The summed E-state index contributed by atoms with van der Waals surface area (Å²) < 4.78 is 0. The fraction of sp³-hybridized carbons (Fsp3) is 0.417. The second kappa shape index (κ2) is 5.89. The van der Waals surface area contributed by atoms with Crippen LogP contribution in [0.2, 0.25) is 10.0 Å². The minimum atomic E-state index is -0.171. The maximum Gasteiger partial charge on any atom is 0.252 e. The molecule has 1 heterocycles. The van der Waals surface area contributed by atoms with E-state index >= 15 is 0 Å². The molecule has 1 amide bonds. The summed E-state index contributed by atoms with van der Waals surface area (Å²) in [7, 11) is 0. The third-order valence-corrected chi connectivity index (χ3v) is 3.65. The SMILES string of the molecule is CC1NNCC1CNC(=O)c1ccc(Cl)cc1Cl. The quantitative estimate of drug-likeness (QED) is 0.795. The lowest BCUT2D eigenvalue weighted by Crippen LogP contribution is -2.35. The van der Waals surface area contributed by atoms with Crippen LogP contribution in [0.5, 0.6) is 0 Å². The van der Waals surface area contributed by atoms with Gasteiger partial charge in [-0.3, -0.25) is 15.6 Å². The van der Waals surface area contributed by atoms with Crippen LogP contribution in [0.15, 0.2) is 18.2 Å². The van der Waals surface area contributed by atoms with E-state index in [0.717, 1.165) is 6.54 Å². The number of nitrogens with one attached hydrogen (secondary N) is 3. The zero-order valence-corrected chi connectivity index (χ0v) is 11.5. The first-order valence-corrected chi connectivity index (χ1v) is 6.55. The Kier molecular flexibility index (Phi) is 4.45. The van der Waals surface area contributed by atoms with Gasteiger partial charge in [0.2, 0.25) is 0 Å². The van der Waals surface area contributed by atoms with E-state index < -0.39 is 0 Å². The summed E-state index contributed by atoms with van der Waals surface area (Å²) in [5, 5.41) is 3.78. The van der Waals surface area contributed by atoms with Crippen molar-refractivity contribution >= 4 is 29.1 Å². The van der Waals surface area contributed by atoms with E-state index in [1.165, 1.54) is 0 Å². The minimum absolute atomic E-state index is 0.171. The lowest BCUT2D eigenvalue weighted by atomic mass is 10.0. The van der Waals surface area contributed by atoms with Crippen LogP contribution in [-0.4, -0.2) is 25.0 Å².